The van der Waals surface area contributed by atoms with Gasteiger partial charge in [-0.05, 0) is 47.4 Å². The number of rotatable bonds is 10. The highest BCUT2D eigenvalue weighted by molar-refractivity contribution is 5.80. The van der Waals surface area contributed by atoms with Crippen LogP contribution in [0.4, 0.5) is 4.79 Å². The van der Waals surface area contributed by atoms with Crippen molar-refractivity contribution in [2.24, 2.45) is 5.92 Å². The van der Waals surface area contributed by atoms with Gasteiger partial charge in [0.1, 0.15) is 6.61 Å². The number of alkyl carbamates (subject to hydrolysis) is 1. The summed E-state index contributed by atoms with van der Waals surface area (Å²) in [6.07, 6.45) is 1.89. The third kappa shape index (κ3) is 5.53. The van der Waals surface area contributed by atoms with Crippen molar-refractivity contribution in [3.8, 4) is 11.1 Å². The highest BCUT2D eigenvalue weighted by Gasteiger charge is 2.34. The number of amides is 2. The molecule has 0 heterocycles. The lowest BCUT2D eigenvalue weighted by atomic mass is 9.98. The summed E-state index contributed by atoms with van der Waals surface area (Å²) in [5.41, 5.74) is 4.61. The van der Waals surface area contributed by atoms with Gasteiger partial charge in [0.2, 0.25) is 5.91 Å². The highest BCUT2D eigenvalue weighted by Crippen LogP contribution is 2.44. The Hall–Kier alpha value is -3.35. The van der Waals surface area contributed by atoms with Gasteiger partial charge in [0.05, 0.1) is 6.42 Å². The third-order valence-corrected chi connectivity index (χ3v) is 6.52. The molecule has 2 aliphatic rings. The standard InChI is InChI=1S/C26H30N2O5/c1-2-17(13-24(29)28-23(14-25(30)31)16-11-12-16)27-26(32)33-15-22-20-9-5-3-7-18(20)19-8-4-6-10-21(19)22/h3-10,16-17,22-23H,2,11-15H2,1H3,(H,27,32)(H,28,29)(H,30,31)/t17-,23?/m1/s1. The lowest BCUT2D eigenvalue weighted by Gasteiger charge is -2.21. The van der Waals surface area contributed by atoms with Crippen LogP contribution in [-0.4, -0.2) is 41.8 Å². The summed E-state index contributed by atoms with van der Waals surface area (Å²) in [6, 6.07) is 15.6. The Morgan fingerprint density at radius 3 is 2.12 bits per heavy atom. The van der Waals surface area contributed by atoms with E-state index in [0.717, 1.165) is 35.1 Å². The molecule has 0 radical (unpaired) electrons. The van der Waals surface area contributed by atoms with Crippen molar-refractivity contribution < 1.29 is 24.2 Å². The van der Waals surface area contributed by atoms with Crippen LogP contribution >= 0.6 is 0 Å². The second-order valence-electron chi connectivity index (χ2n) is 8.89. The molecule has 2 aliphatic carbocycles. The predicted octanol–water partition coefficient (Wildman–Crippen LogP) is 4.06. The van der Waals surface area contributed by atoms with Gasteiger partial charge in [0, 0.05) is 24.4 Å². The summed E-state index contributed by atoms with van der Waals surface area (Å²) in [7, 11) is 0. The number of fused-ring (bicyclic) bond motifs is 3. The fraction of sp³-hybridized carbons (Fsp3) is 0.423. The van der Waals surface area contributed by atoms with E-state index in [4.69, 9.17) is 9.84 Å². The first-order chi connectivity index (χ1) is 16.0. The van der Waals surface area contributed by atoms with Crippen LogP contribution < -0.4 is 10.6 Å². The molecular formula is C26H30N2O5. The van der Waals surface area contributed by atoms with E-state index in [1.807, 2.05) is 31.2 Å². The topological polar surface area (TPSA) is 105 Å². The average Bonchev–Trinajstić information content (AvgIpc) is 3.59. The van der Waals surface area contributed by atoms with Gasteiger partial charge in [0.15, 0.2) is 0 Å². The molecule has 2 aromatic rings. The molecule has 7 heteroatoms. The number of carboxylic acid groups (broad SMARTS) is 1. The molecule has 4 rings (SSSR count). The van der Waals surface area contributed by atoms with Crippen LogP contribution in [-0.2, 0) is 14.3 Å². The van der Waals surface area contributed by atoms with E-state index < -0.39 is 12.1 Å². The summed E-state index contributed by atoms with van der Waals surface area (Å²) in [6.45, 7) is 2.10. The number of carbonyl (C=O) groups is 3. The molecule has 174 valence electrons. The smallest absolute Gasteiger partial charge is 0.407 e. The molecule has 0 spiro atoms. The molecule has 2 aromatic carbocycles. The number of hydrogen-bond acceptors (Lipinski definition) is 4. The summed E-state index contributed by atoms with van der Waals surface area (Å²) in [5, 5.41) is 14.7. The van der Waals surface area contributed by atoms with Crippen molar-refractivity contribution in [2.45, 2.75) is 57.0 Å². The zero-order chi connectivity index (χ0) is 23.4. The molecule has 0 saturated heterocycles. The SMILES string of the molecule is CC[C@H](CC(=O)NC(CC(=O)O)C1CC1)NC(=O)OCC1c2ccccc2-c2ccccc21. The van der Waals surface area contributed by atoms with Gasteiger partial charge in [-0.15, -0.1) is 0 Å². The summed E-state index contributed by atoms with van der Waals surface area (Å²) >= 11 is 0. The molecule has 0 aromatic heterocycles. The van der Waals surface area contributed by atoms with Crippen LogP contribution in [0.1, 0.15) is 56.1 Å². The maximum Gasteiger partial charge on any atom is 0.407 e. The van der Waals surface area contributed by atoms with Gasteiger partial charge in [-0.1, -0.05) is 55.5 Å². The zero-order valence-electron chi connectivity index (χ0n) is 18.8. The largest absolute Gasteiger partial charge is 0.481 e. The van der Waals surface area contributed by atoms with E-state index in [1.165, 1.54) is 0 Å². The Labute approximate surface area is 193 Å². The monoisotopic (exact) mass is 450 g/mol. The van der Waals surface area contributed by atoms with Gasteiger partial charge >= 0.3 is 12.1 Å². The van der Waals surface area contributed by atoms with Crippen molar-refractivity contribution in [3.05, 3.63) is 59.7 Å². The van der Waals surface area contributed by atoms with Crippen LogP contribution in [0.25, 0.3) is 11.1 Å². The van der Waals surface area contributed by atoms with E-state index >= 15 is 0 Å². The quantitative estimate of drug-likeness (QED) is 0.506. The van der Waals surface area contributed by atoms with Crippen molar-refractivity contribution >= 4 is 18.0 Å². The highest BCUT2D eigenvalue weighted by atomic mass is 16.5. The van der Waals surface area contributed by atoms with Crippen LogP contribution in [0.3, 0.4) is 0 Å². The predicted molar refractivity (Wildman–Crippen MR) is 124 cm³/mol. The molecular weight excluding hydrogens is 420 g/mol. The molecule has 2 amide bonds. The number of hydrogen-bond donors (Lipinski definition) is 3. The molecule has 7 nitrogen and oxygen atoms in total. The fourth-order valence-corrected chi connectivity index (χ4v) is 4.62. The van der Waals surface area contributed by atoms with E-state index in [0.29, 0.717) is 6.42 Å². The number of benzene rings is 2. The van der Waals surface area contributed by atoms with Crippen LogP contribution in [0.5, 0.6) is 0 Å². The van der Waals surface area contributed by atoms with Gasteiger partial charge in [-0.3, -0.25) is 9.59 Å². The average molecular weight is 451 g/mol. The normalized spacial score (nSPS) is 16.3. The second-order valence-corrected chi connectivity index (χ2v) is 8.89. The van der Waals surface area contributed by atoms with Crippen molar-refractivity contribution in [1.82, 2.24) is 10.6 Å². The Morgan fingerprint density at radius 1 is 0.970 bits per heavy atom. The minimum atomic E-state index is -0.920. The minimum Gasteiger partial charge on any atom is -0.481 e. The Bertz CT molecular complexity index is 987. The van der Waals surface area contributed by atoms with E-state index in [2.05, 4.69) is 34.9 Å². The summed E-state index contributed by atoms with van der Waals surface area (Å²) < 4.78 is 5.58. The minimum absolute atomic E-state index is 0.0261. The first-order valence-corrected chi connectivity index (χ1v) is 11.6. The van der Waals surface area contributed by atoms with Crippen LogP contribution in [0.2, 0.25) is 0 Å². The molecule has 1 fully saturated rings. The van der Waals surface area contributed by atoms with E-state index in [-0.39, 0.29) is 49.3 Å². The maximum atomic E-state index is 12.5. The van der Waals surface area contributed by atoms with Gasteiger partial charge < -0.3 is 20.5 Å². The van der Waals surface area contributed by atoms with Crippen molar-refractivity contribution in [2.75, 3.05) is 6.61 Å². The number of aliphatic carboxylic acids is 1. The number of carboxylic acids is 1. The second kappa shape index (κ2) is 10.1. The first-order valence-electron chi connectivity index (χ1n) is 11.6. The van der Waals surface area contributed by atoms with Gasteiger partial charge in [0.25, 0.3) is 0 Å². The first kappa shape index (κ1) is 22.8. The molecule has 33 heavy (non-hydrogen) atoms. The fourth-order valence-electron chi connectivity index (χ4n) is 4.62. The molecule has 0 bridgehead atoms. The summed E-state index contributed by atoms with van der Waals surface area (Å²) in [4.78, 5) is 36.0. The van der Waals surface area contributed by atoms with Crippen molar-refractivity contribution in [1.29, 1.82) is 0 Å². The molecule has 1 saturated carbocycles. The maximum absolute atomic E-state index is 12.5. The number of nitrogens with one attached hydrogen (secondary N) is 2. The lowest BCUT2D eigenvalue weighted by molar-refractivity contribution is -0.137. The van der Waals surface area contributed by atoms with Crippen LogP contribution in [0.15, 0.2) is 48.5 Å². The third-order valence-electron chi connectivity index (χ3n) is 6.52. The van der Waals surface area contributed by atoms with Crippen LogP contribution in [0, 0.1) is 5.92 Å². The Kier molecular flexibility index (Phi) is 6.96. The van der Waals surface area contributed by atoms with Crippen molar-refractivity contribution in [3.63, 3.8) is 0 Å². The summed E-state index contributed by atoms with van der Waals surface area (Å²) in [5.74, 6) is -0.961. The van der Waals surface area contributed by atoms with Gasteiger partial charge in [-0.2, -0.15) is 0 Å². The number of ether oxygens (including phenoxy) is 1. The lowest BCUT2D eigenvalue weighted by Crippen LogP contribution is -2.43. The molecule has 1 unspecified atom stereocenters. The van der Waals surface area contributed by atoms with E-state index in [9.17, 15) is 14.4 Å². The molecule has 2 atom stereocenters. The Balaban J connectivity index is 1.31. The Morgan fingerprint density at radius 2 is 1.58 bits per heavy atom. The molecule has 0 aliphatic heterocycles. The zero-order valence-corrected chi connectivity index (χ0v) is 18.8. The number of carbonyl (C=O) groups excluding carboxylic acids is 2. The van der Waals surface area contributed by atoms with E-state index in [1.54, 1.807) is 0 Å². The molecule has 3 N–H and O–H groups in total. The van der Waals surface area contributed by atoms with Gasteiger partial charge in [-0.25, -0.2) is 4.79 Å².